The maximum absolute atomic E-state index is 5.83. The van der Waals surface area contributed by atoms with Crippen LogP contribution in [0.25, 0.3) is 0 Å². The molecule has 0 N–H and O–H groups in total. The van der Waals surface area contributed by atoms with Crippen molar-refractivity contribution in [1.29, 1.82) is 0 Å². The van der Waals surface area contributed by atoms with Crippen LogP contribution in [0.15, 0.2) is 34.3 Å². The van der Waals surface area contributed by atoms with E-state index in [2.05, 4.69) is 27.7 Å². The summed E-state index contributed by atoms with van der Waals surface area (Å²) in [6.07, 6.45) is 0. The van der Waals surface area contributed by atoms with Gasteiger partial charge in [-0.2, -0.15) is 0 Å². The van der Waals surface area contributed by atoms with Crippen molar-refractivity contribution in [3.63, 3.8) is 0 Å². The van der Waals surface area contributed by atoms with E-state index in [0.29, 0.717) is 36.8 Å². The van der Waals surface area contributed by atoms with Gasteiger partial charge < -0.3 is 9.47 Å². The molecule has 0 aromatic heterocycles. The molecule has 0 saturated heterocycles. The molecule has 2 unspecified atom stereocenters. The first-order valence-electron chi connectivity index (χ1n) is 8.07. The van der Waals surface area contributed by atoms with Gasteiger partial charge in [-0.25, -0.2) is 9.98 Å². The van der Waals surface area contributed by atoms with Gasteiger partial charge in [-0.15, -0.1) is 0 Å². The fourth-order valence-electron chi connectivity index (χ4n) is 2.61. The largest absolute Gasteiger partial charge is 0.475 e. The summed E-state index contributed by atoms with van der Waals surface area (Å²) >= 11 is 0. The molecular formula is C18H24N2O2. The summed E-state index contributed by atoms with van der Waals surface area (Å²) in [5.74, 6) is 2.40. The lowest BCUT2D eigenvalue weighted by atomic mass is 10.1. The quantitative estimate of drug-likeness (QED) is 0.856. The molecule has 4 nitrogen and oxygen atoms in total. The van der Waals surface area contributed by atoms with Crippen molar-refractivity contribution in [2.45, 2.75) is 39.8 Å². The predicted octanol–water partition coefficient (Wildman–Crippen LogP) is 3.29. The van der Waals surface area contributed by atoms with Crippen LogP contribution in [-0.4, -0.2) is 37.1 Å². The third-order valence-corrected chi connectivity index (χ3v) is 4.27. The molecule has 118 valence electrons. The highest BCUT2D eigenvalue weighted by Crippen LogP contribution is 2.23. The third kappa shape index (κ3) is 2.87. The first-order valence-corrected chi connectivity index (χ1v) is 8.07. The minimum absolute atomic E-state index is 0.234. The van der Waals surface area contributed by atoms with E-state index in [1.165, 1.54) is 0 Å². The second kappa shape index (κ2) is 6.11. The van der Waals surface area contributed by atoms with Crippen molar-refractivity contribution in [3.8, 4) is 0 Å². The zero-order chi connectivity index (χ0) is 15.7. The molecule has 3 rings (SSSR count). The standard InChI is InChI=1S/C18H24N2O2/c1-11(2)15-9-21-17(19-15)13-7-5-6-8-14(13)18-20-16(10-22-18)12(3)4/h5-8,11-12,15-16H,9-10H2,1-4H3. The van der Waals surface area contributed by atoms with Crippen molar-refractivity contribution in [2.24, 2.45) is 21.8 Å². The lowest BCUT2D eigenvalue weighted by molar-refractivity contribution is 0.289. The lowest BCUT2D eigenvalue weighted by Crippen LogP contribution is -2.13. The molecule has 0 amide bonds. The second-order valence-corrected chi connectivity index (χ2v) is 6.66. The van der Waals surface area contributed by atoms with E-state index in [9.17, 15) is 0 Å². The molecule has 0 radical (unpaired) electrons. The van der Waals surface area contributed by atoms with Crippen LogP contribution in [-0.2, 0) is 9.47 Å². The zero-order valence-electron chi connectivity index (χ0n) is 13.7. The number of hydrogen-bond donors (Lipinski definition) is 0. The van der Waals surface area contributed by atoms with E-state index in [-0.39, 0.29) is 12.1 Å². The molecule has 22 heavy (non-hydrogen) atoms. The van der Waals surface area contributed by atoms with Crippen LogP contribution in [0.4, 0.5) is 0 Å². The second-order valence-electron chi connectivity index (χ2n) is 6.66. The molecule has 1 aromatic rings. The minimum atomic E-state index is 0.234. The molecule has 2 aliphatic rings. The highest BCUT2D eigenvalue weighted by molar-refractivity contribution is 6.08. The maximum Gasteiger partial charge on any atom is 0.217 e. The van der Waals surface area contributed by atoms with E-state index in [4.69, 9.17) is 19.5 Å². The third-order valence-electron chi connectivity index (χ3n) is 4.27. The van der Waals surface area contributed by atoms with Gasteiger partial charge in [0.05, 0.1) is 12.1 Å². The smallest absolute Gasteiger partial charge is 0.217 e. The minimum Gasteiger partial charge on any atom is -0.475 e. The van der Waals surface area contributed by atoms with E-state index >= 15 is 0 Å². The van der Waals surface area contributed by atoms with Crippen molar-refractivity contribution >= 4 is 11.8 Å². The van der Waals surface area contributed by atoms with Gasteiger partial charge in [-0.05, 0) is 24.0 Å². The molecule has 2 atom stereocenters. The van der Waals surface area contributed by atoms with Gasteiger partial charge in [-0.1, -0.05) is 39.8 Å². The molecule has 0 bridgehead atoms. The number of hydrogen-bond acceptors (Lipinski definition) is 4. The Hall–Kier alpha value is -1.84. The van der Waals surface area contributed by atoms with Gasteiger partial charge in [0, 0.05) is 11.1 Å². The zero-order valence-corrected chi connectivity index (χ0v) is 13.7. The van der Waals surface area contributed by atoms with Gasteiger partial charge in [-0.3, -0.25) is 0 Å². The molecule has 4 heteroatoms. The van der Waals surface area contributed by atoms with Crippen molar-refractivity contribution in [1.82, 2.24) is 0 Å². The van der Waals surface area contributed by atoms with Crippen molar-refractivity contribution in [2.75, 3.05) is 13.2 Å². The Bertz CT molecular complexity index is 552. The Morgan fingerprint density at radius 3 is 1.55 bits per heavy atom. The highest BCUT2D eigenvalue weighted by atomic mass is 16.5. The Labute approximate surface area is 132 Å². The van der Waals surface area contributed by atoms with Crippen LogP contribution >= 0.6 is 0 Å². The van der Waals surface area contributed by atoms with Crippen LogP contribution in [0.1, 0.15) is 38.8 Å². The number of rotatable bonds is 4. The summed E-state index contributed by atoms with van der Waals surface area (Å²) in [5, 5.41) is 0. The predicted molar refractivity (Wildman–Crippen MR) is 88.7 cm³/mol. The summed E-state index contributed by atoms with van der Waals surface area (Å²) in [6.45, 7) is 9.99. The summed E-state index contributed by atoms with van der Waals surface area (Å²) in [6, 6.07) is 8.54. The average Bonchev–Trinajstić information content (AvgIpc) is 3.17. The van der Waals surface area contributed by atoms with Crippen LogP contribution in [0.3, 0.4) is 0 Å². The molecular weight excluding hydrogens is 276 g/mol. The molecule has 2 aliphatic heterocycles. The summed E-state index contributed by atoms with van der Waals surface area (Å²) in [5.41, 5.74) is 1.96. The average molecular weight is 300 g/mol. The Kier molecular flexibility index (Phi) is 4.19. The number of nitrogens with zero attached hydrogens (tertiary/aromatic N) is 2. The van der Waals surface area contributed by atoms with E-state index in [1.54, 1.807) is 0 Å². The van der Waals surface area contributed by atoms with Crippen LogP contribution in [0.2, 0.25) is 0 Å². The molecule has 1 aromatic carbocycles. The number of aliphatic imine (C=N–C) groups is 2. The monoisotopic (exact) mass is 300 g/mol. The molecule has 0 aliphatic carbocycles. The van der Waals surface area contributed by atoms with Crippen molar-refractivity contribution < 1.29 is 9.47 Å². The van der Waals surface area contributed by atoms with Crippen LogP contribution < -0.4 is 0 Å². The first-order chi connectivity index (χ1) is 10.6. The Balaban J connectivity index is 1.92. The summed E-state index contributed by atoms with van der Waals surface area (Å²) < 4.78 is 11.7. The lowest BCUT2D eigenvalue weighted by Gasteiger charge is -2.08. The fourth-order valence-corrected chi connectivity index (χ4v) is 2.61. The number of benzene rings is 1. The molecule has 0 spiro atoms. The maximum atomic E-state index is 5.83. The molecule has 0 saturated carbocycles. The summed E-state index contributed by atoms with van der Waals surface area (Å²) in [7, 11) is 0. The fraction of sp³-hybridized carbons (Fsp3) is 0.556. The van der Waals surface area contributed by atoms with Gasteiger partial charge in [0.25, 0.3) is 0 Å². The summed E-state index contributed by atoms with van der Waals surface area (Å²) in [4.78, 5) is 9.46. The normalized spacial score (nSPS) is 24.3. The first kappa shape index (κ1) is 15.1. The SMILES string of the molecule is CC(C)C1COC(c2ccccc2C2=NC(C(C)C)CO2)=N1. The van der Waals surface area contributed by atoms with Crippen LogP contribution in [0.5, 0.6) is 0 Å². The van der Waals surface area contributed by atoms with E-state index in [1.807, 2.05) is 24.3 Å². The van der Waals surface area contributed by atoms with E-state index in [0.717, 1.165) is 11.1 Å². The van der Waals surface area contributed by atoms with Gasteiger partial charge >= 0.3 is 0 Å². The van der Waals surface area contributed by atoms with Gasteiger partial charge in [0.1, 0.15) is 13.2 Å². The molecule has 2 heterocycles. The molecule has 0 fully saturated rings. The number of ether oxygens (including phenoxy) is 2. The van der Waals surface area contributed by atoms with Gasteiger partial charge in [0.2, 0.25) is 11.8 Å². The topological polar surface area (TPSA) is 43.2 Å². The van der Waals surface area contributed by atoms with Crippen molar-refractivity contribution in [3.05, 3.63) is 35.4 Å². The Morgan fingerprint density at radius 2 is 1.23 bits per heavy atom. The highest BCUT2D eigenvalue weighted by Gasteiger charge is 2.28. The van der Waals surface area contributed by atoms with Gasteiger partial charge in [0.15, 0.2) is 0 Å². The Morgan fingerprint density at radius 1 is 0.818 bits per heavy atom. The van der Waals surface area contributed by atoms with E-state index < -0.39 is 0 Å². The van der Waals surface area contributed by atoms with Crippen LogP contribution in [0, 0.1) is 11.8 Å².